The number of carbonyl (C=O) groups is 2. The number of ether oxygens (including phenoxy) is 3. The zero-order valence-corrected chi connectivity index (χ0v) is 15.7. The number of nitrogens with zero attached hydrogens (tertiary/aromatic N) is 2. The van der Waals surface area contributed by atoms with Crippen LogP contribution < -0.4 is 19.5 Å². The molecule has 144 valence electrons. The van der Waals surface area contributed by atoms with E-state index in [2.05, 4.69) is 15.3 Å². The van der Waals surface area contributed by atoms with Gasteiger partial charge in [0.25, 0.3) is 5.91 Å². The average Bonchev–Trinajstić information content (AvgIpc) is 2.70. The second-order valence-electron chi connectivity index (χ2n) is 5.61. The fourth-order valence-corrected chi connectivity index (χ4v) is 2.40. The Hall–Kier alpha value is -3.16. The summed E-state index contributed by atoms with van der Waals surface area (Å²) in [5.74, 6) is 0.301. The van der Waals surface area contributed by atoms with Gasteiger partial charge in [-0.1, -0.05) is 6.92 Å². The molecule has 1 aromatic heterocycles. The summed E-state index contributed by atoms with van der Waals surface area (Å²) in [6.45, 7) is 2.26. The molecule has 0 aliphatic heterocycles. The Morgan fingerprint density at radius 1 is 1.11 bits per heavy atom. The monoisotopic (exact) mass is 373 g/mol. The third-order valence-electron chi connectivity index (χ3n) is 3.68. The van der Waals surface area contributed by atoms with E-state index < -0.39 is 0 Å². The highest BCUT2D eigenvalue weighted by atomic mass is 16.5. The molecule has 1 amide bonds. The van der Waals surface area contributed by atoms with Crippen molar-refractivity contribution in [3.63, 3.8) is 0 Å². The summed E-state index contributed by atoms with van der Waals surface area (Å²) in [4.78, 5) is 32.7. The van der Waals surface area contributed by atoms with Crippen molar-refractivity contribution < 1.29 is 23.8 Å². The maximum absolute atomic E-state index is 12.8. The molecule has 0 bridgehead atoms. The fraction of sp³-hybridized carbons (Fsp3) is 0.368. The van der Waals surface area contributed by atoms with Gasteiger partial charge in [0.15, 0.2) is 23.9 Å². The summed E-state index contributed by atoms with van der Waals surface area (Å²) >= 11 is 0. The first-order valence-electron chi connectivity index (χ1n) is 8.53. The summed E-state index contributed by atoms with van der Waals surface area (Å²) in [5, 5.41) is 2.72. The molecule has 0 atom stereocenters. The third kappa shape index (κ3) is 5.40. The molecule has 1 aromatic carbocycles. The topological polar surface area (TPSA) is 99.6 Å². The maximum Gasteiger partial charge on any atom is 0.257 e. The number of methoxy groups -OCH3 is 2. The summed E-state index contributed by atoms with van der Waals surface area (Å²) in [6.07, 6.45) is 5.44. The van der Waals surface area contributed by atoms with E-state index in [9.17, 15) is 9.59 Å². The minimum absolute atomic E-state index is 0.0434. The second kappa shape index (κ2) is 10.1. The van der Waals surface area contributed by atoms with E-state index in [0.717, 1.165) is 6.42 Å². The Kier molecular flexibility index (Phi) is 7.54. The van der Waals surface area contributed by atoms with Crippen LogP contribution >= 0.6 is 0 Å². The van der Waals surface area contributed by atoms with Gasteiger partial charge in [-0.3, -0.25) is 19.6 Å². The Morgan fingerprint density at radius 3 is 2.56 bits per heavy atom. The number of benzene rings is 1. The highest BCUT2D eigenvalue weighted by molar-refractivity contribution is 6.01. The summed E-state index contributed by atoms with van der Waals surface area (Å²) in [6, 6.07) is 3.20. The van der Waals surface area contributed by atoms with Crippen molar-refractivity contribution in [2.45, 2.75) is 19.8 Å². The smallest absolute Gasteiger partial charge is 0.257 e. The van der Waals surface area contributed by atoms with Crippen LogP contribution in [0.2, 0.25) is 0 Å². The molecule has 0 radical (unpaired) electrons. The van der Waals surface area contributed by atoms with Crippen LogP contribution in [0.4, 0.5) is 0 Å². The van der Waals surface area contributed by atoms with Crippen molar-refractivity contribution in [3.8, 4) is 17.2 Å². The van der Waals surface area contributed by atoms with Crippen LogP contribution in [0.25, 0.3) is 0 Å². The molecule has 2 rings (SSSR count). The van der Waals surface area contributed by atoms with E-state index in [4.69, 9.17) is 14.2 Å². The van der Waals surface area contributed by atoms with Crippen LogP contribution in [0.1, 0.15) is 29.4 Å². The lowest BCUT2D eigenvalue weighted by molar-refractivity contribution is -0.123. The standard InChI is InChI=1S/C19H23N3O5/c1-4-7-22-17(24)12-27-18-14(5-6-16(25-2)19(18)26-3)15(23)10-13-11-20-8-9-21-13/h5-6,8-9,11H,4,7,10,12H2,1-3H3,(H,22,24). The van der Waals surface area contributed by atoms with E-state index >= 15 is 0 Å². The number of hydrogen-bond donors (Lipinski definition) is 1. The summed E-state index contributed by atoms with van der Waals surface area (Å²) in [7, 11) is 2.93. The van der Waals surface area contributed by atoms with Crippen molar-refractivity contribution in [1.29, 1.82) is 0 Å². The Morgan fingerprint density at radius 2 is 1.93 bits per heavy atom. The largest absolute Gasteiger partial charge is 0.493 e. The summed E-state index contributed by atoms with van der Waals surface area (Å²) in [5.41, 5.74) is 0.811. The van der Waals surface area contributed by atoms with Gasteiger partial charge in [0.05, 0.1) is 31.9 Å². The SMILES string of the molecule is CCCNC(=O)COc1c(C(=O)Cc2cnccn2)ccc(OC)c1OC. The lowest BCUT2D eigenvalue weighted by Crippen LogP contribution is -2.29. The molecule has 1 N–H and O–H groups in total. The van der Waals surface area contributed by atoms with Crippen LogP contribution in [0, 0.1) is 0 Å². The molecular formula is C19H23N3O5. The van der Waals surface area contributed by atoms with E-state index in [1.807, 2.05) is 6.92 Å². The number of hydrogen-bond acceptors (Lipinski definition) is 7. The number of amides is 1. The Balaban J connectivity index is 2.29. The van der Waals surface area contributed by atoms with Gasteiger partial charge in [0.1, 0.15) is 0 Å². The van der Waals surface area contributed by atoms with Gasteiger partial charge in [-0.15, -0.1) is 0 Å². The predicted octanol–water partition coefficient (Wildman–Crippen LogP) is 1.82. The number of ketones is 1. The van der Waals surface area contributed by atoms with E-state index in [0.29, 0.717) is 18.0 Å². The average molecular weight is 373 g/mol. The van der Waals surface area contributed by atoms with Crippen LogP contribution in [0.15, 0.2) is 30.7 Å². The molecular weight excluding hydrogens is 350 g/mol. The predicted molar refractivity (Wildman–Crippen MR) is 98.4 cm³/mol. The molecule has 8 nitrogen and oxygen atoms in total. The molecule has 0 unspecified atom stereocenters. The lowest BCUT2D eigenvalue weighted by atomic mass is 10.0. The van der Waals surface area contributed by atoms with E-state index in [1.54, 1.807) is 12.1 Å². The molecule has 2 aromatic rings. The maximum atomic E-state index is 12.8. The van der Waals surface area contributed by atoms with E-state index in [-0.39, 0.29) is 41.8 Å². The molecule has 0 aliphatic carbocycles. The van der Waals surface area contributed by atoms with Gasteiger partial charge in [-0.05, 0) is 18.6 Å². The summed E-state index contributed by atoms with van der Waals surface area (Å²) < 4.78 is 16.3. The normalized spacial score (nSPS) is 10.2. The minimum Gasteiger partial charge on any atom is -0.493 e. The number of Topliss-reactive ketones (excluding diaryl/α,β-unsaturated/α-hetero) is 1. The van der Waals surface area contributed by atoms with Crippen molar-refractivity contribution >= 4 is 11.7 Å². The zero-order chi connectivity index (χ0) is 19.6. The third-order valence-corrected chi connectivity index (χ3v) is 3.68. The lowest BCUT2D eigenvalue weighted by Gasteiger charge is -2.17. The van der Waals surface area contributed by atoms with Gasteiger partial charge in [0.2, 0.25) is 5.75 Å². The van der Waals surface area contributed by atoms with Gasteiger partial charge in [-0.2, -0.15) is 0 Å². The minimum atomic E-state index is -0.283. The zero-order valence-electron chi connectivity index (χ0n) is 15.7. The van der Waals surface area contributed by atoms with Gasteiger partial charge in [0, 0.05) is 25.1 Å². The van der Waals surface area contributed by atoms with Crippen LogP contribution in [0.3, 0.4) is 0 Å². The molecule has 1 heterocycles. The van der Waals surface area contributed by atoms with Crippen molar-refractivity contribution in [3.05, 3.63) is 42.0 Å². The highest BCUT2D eigenvalue weighted by Gasteiger charge is 2.22. The highest BCUT2D eigenvalue weighted by Crippen LogP contribution is 2.40. The molecule has 0 saturated carbocycles. The van der Waals surface area contributed by atoms with E-state index in [1.165, 1.54) is 32.8 Å². The molecule has 8 heteroatoms. The molecule has 27 heavy (non-hydrogen) atoms. The fourth-order valence-electron chi connectivity index (χ4n) is 2.40. The molecule has 0 aliphatic rings. The van der Waals surface area contributed by atoms with Gasteiger partial charge in [-0.25, -0.2) is 0 Å². The van der Waals surface area contributed by atoms with Crippen molar-refractivity contribution in [2.24, 2.45) is 0 Å². The number of rotatable bonds is 10. The Bertz CT molecular complexity index is 780. The number of nitrogens with one attached hydrogen (secondary N) is 1. The van der Waals surface area contributed by atoms with Crippen LogP contribution in [0.5, 0.6) is 17.2 Å². The van der Waals surface area contributed by atoms with Crippen LogP contribution in [-0.2, 0) is 11.2 Å². The first-order chi connectivity index (χ1) is 13.1. The number of aromatic nitrogens is 2. The molecule has 0 fully saturated rings. The first-order valence-corrected chi connectivity index (χ1v) is 8.53. The Labute approximate surface area is 157 Å². The number of carbonyl (C=O) groups excluding carboxylic acids is 2. The van der Waals surface area contributed by atoms with Gasteiger partial charge < -0.3 is 19.5 Å². The van der Waals surface area contributed by atoms with Crippen molar-refractivity contribution in [2.75, 3.05) is 27.4 Å². The first kappa shape index (κ1) is 20.2. The molecule has 0 saturated heterocycles. The van der Waals surface area contributed by atoms with Crippen molar-refractivity contribution in [1.82, 2.24) is 15.3 Å². The van der Waals surface area contributed by atoms with Crippen LogP contribution in [-0.4, -0.2) is 49.0 Å². The quantitative estimate of drug-likeness (QED) is 0.634. The molecule has 0 spiro atoms. The van der Waals surface area contributed by atoms with Gasteiger partial charge >= 0.3 is 0 Å². The second-order valence-corrected chi connectivity index (χ2v) is 5.61.